The Bertz CT molecular complexity index is 1010. The summed E-state index contributed by atoms with van der Waals surface area (Å²) >= 11 is 0. The Labute approximate surface area is 275 Å². The molecule has 0 aromatic rings. The summed E-state index contributed by atoms with van der Waals surface area (Å²) in [6.07, 6.45) is 4.04. The predicted molar refractivity (Wildman–Crippen MR) is 172 cm³/mol. The van der Waals surface area contributed by atoms with E-state index in [0.29, 0.717) is 64.3 Å². The van der Waals surface area contributed by atoms with Crippen molar-refractivity contribution in [3.63, 3.8) is 0 Å². The Balaban J connectivity index is 5.06. The fourth-order valence-corrected chi connectivity index (χ4v) is 4.24. The van der Waals surface area contributed by atoms with Crippen LogP contribution in [0.1, 0.15) is 78.1 Å². The van der Waals surface area contributed by atoms with Crippen LogP contribution in [-0.2, 0) is 38.4 Å². The van der Waals surface area contributed by atoms with Gasteiger partial charge in [0, 0.05) is 46.4 Å². The van der Waals surface area contributed by atoms with Gasteiger partial charge in [0.25, 0.3) is 0 Å². The summed E-state index contributed by atoms with van der Waals surface area (Å²) in [5.41, 5.74) is 21.5. The first-order valence-corrected chi connectivity index (χ1v) is 15.8. The number of hydrogen-bond donors (Lipinski definition) is 9. The molecule has 0 heterocycles. The van der Waals surface area contributed by atoms with Crippen LogP contribution in [0.2, 0.25) is 0 Å². The SMILES string of the molecule is CC(=O)NCCCC[C@H](NC(C)=O)C(=O)NCCC(=O)N(CC(=O)NCCCCC(N)C(N)=O)CC(=O)NCCCCC(N)C(N)=O. The van der Waals surface area contributed by atoms with Crippen molar-refractivity contribution in [3.05, 3.63) is 0 Å². The first kappa shape index (κ1) is 42.7. The lowest BCUT2D eigenvalue weighted by atomic mass is 10.1. The topological polar surface area (TPSA) is 304 Å². The lowest BCUT2D eigenvalue weighted by Gasteiger charge is -2.23. The molecule has 0 saturated heterocycles. The second kappa shape index (κ2) is 24.9. The molecule has 8 amide bonds. The number of rotatable bonds is 26. The number of primary amides is 2. The first-order chi connectivity index (χ1) is 22.1. The third kappa shape index (κ3) is 22.8. The highest BCUT2D eigenvalue weighted by Crippen LogP contribution is 2.03. The van der Waals surface area contributed by atoms with E-state index in [2.05, 4.69) is 26.6 Å². The summed E-state index contributed by atoms with van der Waals surface area (Å²) in [4.78, 5) is 96.8. The van der Waals surface area contributed by atoms with Gasteiger partial charge in [0.2, 0.25) is 47.3 Å². The molecule has 2 unspecified atom stereocenters. The number of hydrogen-bond acceptors (Lipinski definition) is 10. The van der Waals surface area contributed by atoms with Crippen molar-refractivity contribution in [2.45, 2.75) is 96.2 Å². The average Bonchev–Trinajstić information content (AvgIpc) is 2.98. The lowest BCUT2D eigenvalue weighted by Crippen LogP contribution is -2.48. The first-order valence-electron chi connectivity index (χ1n) is 15.8. The molecular weight excluding hydrogens is 616 g/mol. The van der Waals surface area contributed by atoms with Crippen LogP contribution in [-0.4, -0.2) is 110 Å². The molecule has 0 aliphatic carbocycles. The molecule has 18 heteroatoms. The lowest BCUT2D eigenvalue weighted by molar-refractivity contribution is -0.139. The van der Waals surface area contributed by atoms with E-state index < -0.39 is 72.6 Å². The molecule has 0 aromatic heterocycles. The van der Waals surface area contributed by atoms with Crippen LogP contribution in [0, 0.1) is 0 Å². The van der Waals surface area contributed by atoms with E-state index in [4.69, 9.17) is 22.9 Å². The summed E-state index contributed by atoms with van der Waals surface area (Å²) in [5.74, 6) is -3.90. The molecule has 268 valence electrons. The van der Waals surface area contributed by atoms with Crippen molar-refractivity contribution in [1.29, 1.82) is 0 Å². The van der Waals surface area contributed by atoms with Gasteiger partial charge < -0.3 is 54.4 Å². The van der Waals surface area contributed by atoms with E-state index in [-0.39, 0.29) is 32.0 Å². The van der Waals surface area contributed by atoms with E-state index in [1.165, 1.54) is 13.8 Å². The van der Waals surface area contributed by atoms with Crippen LogP contribution in [0.25, 0.3) is 0 Å². The van der Waals surface area contributed by atoms with E-state index in [9.17, 15) is 38.4 Å². The maximum absolute atomic E-state index is 13.1. The van der Waals surface area contributed by atoms with Crippen LogP contribution < -0.4 is 49.5 Å². The van der Waals surface area contributed by atoms with Crippen molar-refractivity contribution < 1.29 is 38.4 Å². The zero-order valence-corrected chi connectivity index (χ0v) is 27.6. The Morgan fingerprint density at radius 3 is 1.45 bits per heavy atom. The maximum Gasteiger partial charge on any atom is 0.242 e. The molecule has 0 spiro atoms. The number of amides is 8. The van der Waals surface area contributed by atoms with E-state index in [1.54, 1.807) is 0 Å². The van der Waals surface area contributed by atoms with E-state index in [0.717, 1.165) is 4.90 Å². The van der Waals surface area contributed by atoms with E-state index >= 15 is 0 Å². The quantitative estimate of drug-likeness (QED) is 0.0406. The molecule has 0 radical (unpaired) electrons. The highest BCUT2D eigenvalue weighted by molar-refractivity contribution is 5.90. The molecule has 0 saturated carbocycles. The fourth-order valence-electron chi connectivity index (χ4n) is 4.24. The van der Waals surface area contributed by atoms with Crippen molar-refractivity contribution in [1.82, 2.24) is 31.5 Å². The fraction of sp³-hybridized carbons (Fsp3) is 0.724. The van der Waals surface area contributed by atoms with Gasteiger partial charge in [-0.3, -0.25) is 38.4 Å². The van der Waals surface area contributed by atoms with Crippen molar-refractivity contribution in [3.8, 4) is 0 Å². The summed E-state index contributed by atoms with van der Waals surface area (Å²) in [6.45, 7) is 2.65. The molecule has 3 atom stereocenters. The smallest absolute Gasteiger partial charge is 0.242 e. The van der Waals surface area contributed by atoms with Crippen LogP contribution in [0.3, 0.4) is 0 Å². The standard InChI is InChI=1S/C29H54N10O8/c1-19(40)34-13-8-5-11-23(38-20(2)41)29(47)37-16-12-26(44)39(17-24(42)35-14-6-3-9-21(30)27(32)45)18-25(43)36-15-7-4-10-22(31)28(33)46/h21-23H,3-18,30-31H2,1-2H3,(H2,32,45)(H2,33,46)(H,34,40)(H,35,42)(H,36,43)(H,37,47)(H,38,41)/t21?,22?,23-/m0/s1. The molecule has 47 heavy (non-hydrogen) atoms. The van der Waals surface area contributed by atoms with Crippen molar-refractivity contribution in [2.75, 3.05) is 39.3 Å². The van der Waals surface area contributed by atoms with Gasteiger partial charge in [0.05, 0.1) is 12.1 Å². The van der Waals surface area contributed by atoms with Gasteiger partial charge >= 0.3 is 0 Å². The molecule has 0 aromatic carbocycles. The van der Waals surface area contributed by atoms with Crippen LogP contribution in [0.4, 0.5) is 0 Å². The van der Waals surface area contributed by atoms with Crippen LogP contribution in [0.5, 0.6) is 0 Å². The number of nitrogens with one attached hydrogen (secondary N) is 5. The summed E-state index contributed by atoms with van der Waals surface area (Å²) in [5, 5.41) is 13.2. The van der Waals surface area contributed by atoms with E-state index in [1.807, 2.05) is 0 Å². The Kier molecular flexibility index (Phi) is 22.6. The van der Waals surface area contributed by atoms with Crippen molar-refractivity contribution in [2.24, 2.45) is 22.9 Å². The van der Waals surface area contributed by atoms with Crippen molar-refractivity contribution >= 4 is 47.3 Å². The normalized spacial score (nSPS) is 12.5. The Hall–Kier alpha value is -4.32. The summed E-state index contributed by atoms with van der Waals surface area (Å²) < 4.78 is 0. The van der Waals surface area contributed by atoms with Gasteiger partial charge in [-0.25, -0.2) is 0 Å². The molecule has 18 nitrogen and oxygen atoms in total. The molecule has 0 aliphatic heterocycles. The molecule has 0 aliphatic rings. The third-order valence-electron chi connectivity index (χ3n) is 6.91. The number of carbonyl (C=O) groups is 8. The average molecular weight is 671 g/mol. The highest BCUT2D eigenvalue weighted by atomic mass is 16.2. The minimum Gasteiger partial charge on any atom is -0.368 e. The number of nitrogens with zero attached hydrogens (tertiary/aromatic N) is 1. The second-order valence-corrected chi connectivity index (χ2v) is 11.2. The van der Waals surface area contributed by atoms with Gasteiger partial charge in [0.1, 0.15) is 19.1 Å². The number of carbonyl (C=O) groups excluding carboxylic acids is 8. The molecule has 13 N–H and O–H groups in total. The largest absolute Gasteiger partial charge is 0.368 e. The minimum atomic E-state index is -0.845. The number of nitrogens with two attached hydrogens (primary N) is 4. The van der Waals surface area contributed by atoms with Gasteiger partial charge in [-0.15, -0.1) is 0 Å². The van der Waals surface area contributed by atoms with Gasteiger partial charge in [0.15, 0.2) is 0 Å². The second-order valence-electron chi connectivity index (χ2n) is 11.2. The van der Waals surface area contributed by atoms with Crippen LogP contribution >= 0.6 is 0 Å². The predicted octanol–water partition coefficient (Wildman–Crippen LogP) is -3.67. The Morgan fingerprint density at radius 1 is 0.574 bits per heavy atom. The summed E-state index contributed by atoms with van der Waals surface area (Å²) in [6, 6.07) is -2.40. The molecule has 0 bridgehead atoms. The van der Waals surface area contributed by atoms with Gasteiger partial charge in [-0.05, 0) is 57.8 Å². The third-order valence-corrected chi connectivity index (χ3v) is 6.91. The molecule has 0 fully saturated rings. The van der Waals surface area contributed by atoms with Gasteiger partial charge in [-0.2, -0.15) is 0 Å². The highest BCUT2D eigenvalue weighted by Gasteiger charge is 2.22. The van der Waals surface area contributed by atoms with Crippen LogP contribution in [0.15, 0.2) is 0 Å². The summed E-state index contributed by atoms with van der Waals surface area (Å²) in [7, 11) is 0. The monoisotopic (exact) mass is 670 g/mol. The zero-order chi connectivity index (χ0) is 35.8. The minimum absolute atomic E-state index is 0.111. The number of unbranched alkanes of at least 4 members (excludes halogenated alkanes) is 3. The zero-order valence-electron chi connectivity index (χ0n) is 27.6. The maximum atomic E-state index is 13.1. The van der Waals surface area contributed by atoms with Gasteiger partial charge in [-0.1, -0.05) is 0 Å². The molecule has 0 rings (SSSR count). The molecular formula is C29H54N10O8. The Morgan fingerprint density at radius 2 is 1.02 bits per heavy atom.